The molecule has 0 heterocycles. The van der Waals surface area contributed by atoms with Crippen LogP contribution in [0.15, 0.2) is 42.5 Å². The summed E-state index contributed by atoms with van der Waals surface area (Å²) in [6.45, 7) is 5.86. The highest BCUT2D eigenvalue weighted by atomic mass is 16.5. The molecule has 0 N–H and O–H groups in total. The second-order valence-electron chi connectivity index (χ2n) is 5.21. The van der Waals surface area contributed by atoms with Crippen molar-refractivity contribution >= 4 is 5.78 Å². The second-order valence-corrected chi connectivity index (χ2v) is 5.21. The summed E-state index contributed by atoms with van der Waals surface area (Å²) < 4.78 is 10.9. The molecule has 0 radical (unpaired) electrons. The van der Waals surface area contributed by atoms with Crippen LogP contribution in [0.5, 0.6) is 11.5 Å². The van der Waals surface area contributed by atoms with E-state index in [1.54, 1.807) is 25.3 Å². The summed E-state index contributed by atoms with van der Waals surface area (Å²) >= 11 is 0. The first-order valence-electron chi connectivity index (χ1n) is 6.97. The Bertz CT molecular complexity index is 645. The van der Waals surface area contributed by atoms with Crippen molar-refractivity contribution < 1.29 is 14.3 Å². The number of carbonyl (C=O) groups excluding carboxylic acids is 1. The van der Waals surface area contributed by atoms with Gasteiger partial charge in [0.1, 0.15) is 11.5 Å². The quantitative estimate of drug-likeness (QED) is 0.778. The predicted octanol–water partition coefficient (Wildman–Crippen LogP) is 4.02. The van der Waals surface area contributed by atoms with E-state index in [4.69, 9.17) is 9.47 Å². The SMILES string of the molecule is COc1cc(C(=O)c2cccc(OC(C)C)c2)ccc1C. The number of benzene rings is 2. The molecule has 0 atom stereocenters. The number of hydrogen-bond acceptors (Lipinski definition) is 3. The van der Waals surface area contributed by atoms with Gasteiger partial charge in [0.2, 0.25) is 0 Å². The molecule has 0 bridgehead atoms. The average molecular weight is 284 g/mol. The maximum Gasteiger partial charge on any atom is 0.193 e. The zero-order chi connectivity index (χ0) is 15.4. The molecule has 0 saturated carbocycles. The Hall–Kier alpha value is -2.29. The van der Waals surface area contributed by atoms with Crippen molar-refractivity contribution in [3.63, 3.8) is 0 Å². The Balaban J connectivity index is 2.31. The van der Waals surface area contributed by atoms with Gasteiger partial charge >= 0.3 is 0 Å². The maximum absolute atomic E-state index is 12.6. The Morgan fingerprint density at radius 3 is 2.43 bits per heavy atom. The van der Waals surface area contributed by atoms with Crippen LogP contribution in [0.1, 0.15) is 35.3 Å². The molecule has 3 nitrogen and oxygen atoms in total. The van der Waals surface area contributed by atoms with E-state index in [0.717, 1.165) is 11.3 Å². The molecule has 0 aromatic heterocycles. The summed E-state index contributed by atoms with van der Waals surface area (Å²) in [4.78, 5) is 12.6. The molecular formula is C18H20O3. The normalized spacial score (nSPS) is 10.5. The third-order valence-corrected chi connectivity index (χ3v) is 3.14. The first-order chi connectivity index (χ1) is 10.0. The maximum atomic E-state index is 12.6. The smallest absolute Gasteiger partial charge is 0.193 e. The first kappa shape index (κ1) is 15.1. The number of methoxy groups -OCH3 is 1. The van der Waals surface area contributed by atoms with Crippen LogP contribution in [0, 0.1) is 6.92 Å². The molecule has 2 aromatic carbocycles. The number of ketones is 1. The number of rotatable bonds is 5. The van der Waals surface area contributed by atoms with Crippen LogP contribution in [0.4, 0.5) is 0 Å². The summed E-state index contributed by atoms with van der Waals surface area (Å²) in [6.07, 6.45) is 0.0785. The minimum absolute atomic E-state index is 0.0393. The Morgan fingerprint density at radius 1 is 1.05 bits per heavy atom. The van der Waals surface area contributed by atoms with Crippen molar-refractivity contribution in [1.82, 2.24) is 0 Å². The number of hydrogen-bond donors (Lipinski definition) is 0. The van der Waals surface area contributed by atoms with Crippen LogP contribution < -0.4 is 9.47 Å². The van der Waals surface area contributed by atoms with E-state index < -0.39 is 0 Å². The summed E-state index contributed by atoms with van der Waals surface area (Å²) in [5.74, 6) is 1.38. The Morgan fingerprint density at radius 2 is 1.76 bits per heavy atom. The predicted molar refractivity (Wildman–Crippen MR) is 83.4 cm³/mol. The van der Waals surface area contributed by atoms with Crippen LogP contribution in [0.25, 0.3) is 0 Å². The summed E-state index contributed by atoms with van der Waals surface area (Å²) in [5, 5.41) is 0. The largest absolute Gasteiger partial charge is 0.496 e. The monoisotopic (exact) mass is 284 g/mol. The molecule has 0 aliphatic heterocycles. The molecule has 3 heteroatoms. The highest BCUT2D eigenvalue weighted by molar-refractivity contribution is 6.09. The average Bonchev–Trinajstić information content (AvgIpc) is 2.46. The molecule has 0 amide bonds. The third kappa shape index (κ3) is 3.63. The fourth-order valence-electron chi connectivity index (χ4n) is 2.11. The van der Waals surface area contributed by atoms with Crippen LogP contribution in [0.2, 0.25) is 0 Å². The van der Waals surface area contributed by atoms with E-state index in [9.17, 15) is 4.79 Å². The molecule has 0 aliphatic rings. The topological polar surface area (TPSA) is 35.5 Å². The molecule has 0 saturated heterocycles. The van der Waals surface area contributed by atoms with Gasteiger partial charge in [0.25, 0.3) is 0 Å². The van der Waals surface area contributed by atoms with Gasteiger partial charge in [-0.2, -0.15) is 0 Å². The van der Waals surface area contributed by atoms with Crippen LogP contribution in [-0.2, 0) is 0 Å². The zero-order valence-corrected chi connectivity index (χ0v) is 12.8. The van der Waals surface area contributed by atoms with Crippen molar-refractivity contribution in [3.8, 4) is 11.5 Å². The number of aryl methyl sites for hydroxylation is 1. The molecular weight excluding hydrogens is 264 g/mol. The van der Waals surface area contributed by atoms with Gasteiger partial charge in [-0.15, -0.1) is 0 Å². The summed E-state index contributed by atoms with van der Waals surface area (Å²) in [7, 11) is 1.60. The van der Waals surface area contributed by atoms with Gasteiger partial charge in [-0.3, -0.25) is 4.79 Å². The van der Waals surface area contributed by atoms with E-state index in [0.29, 0.717) is 16.9 Å². The fraction of sp³-hybridized carbons (Fsp3) is 0.278. The zero-order valence-electron chi connectivity index (χ0n) is 12.8. The molecule has 21 heavy (non-hydrogen) atoms. The van der Waals surface area contributed by atoms with Gasteiger partial charge in [0, 0.05) is 11.1 Å². The van der Waals surface area contributed by atoms with Gasteiger partial charge < -0.3 is 9.47 Å². The lowest BCUT2D eigenvalue weighted by Crippen LogP contribution is -2.07. The van der Waals surface area contributed by atoms with Crippen molar-refractivity contribution in [2.24, 2.45) is 0 Å². The lowest BCUT2D eigenvalue weighted by Gasteiger charge is -2.11. The van der Waals surface area contributed by atoms with Crippen molar-refractivity contribution in [2.75, 3.05) is 7.11 Å². The van der Waals surface area contributed by atoms with Gasteiger partial charge in [0.05, 0.1) is 13.2 Å². The lowest BCUT2D eigenvalue weighted by atomic mass is 10.0. The van der Waals surface area contributed by atoms with E-state index in [2.05, 4.69) is 0 Å². The minimum atomic E-state index is -0.0393. The van der Waals surface area contributed by atoms with Crippen LogP contribution >= 0.6 is 0 Å². The van der Waals surface area contributed by atoms with E-state index in [1.165, 1.54) is 0 Å². The first-order valence-corrected chi connectivity index (χ1v) is 6.97. The summed E-state index contributed by atoms with van der Waals surface area (Å²) in [5.41, 5.74) is 2.23. The molecule has 0 spiro atoms. The van der Waals surface area contributed by atoms with Crippen LogP contribution in [-0.4, -0.2) is 19.0 Å². The van der Waals surface area contributed by atoms with E-state index in [1.807, 2.05) is 45.0 Å². The molecule has 2 aromatic rings. The van der Waals surface area contributed by atoms with Crippen molar-refractivity contribution in [2.45, 2.75) is 26.9 Å². The molecule has 110 valence electrons. The van der Waals surface area contributed by atoms with E-state index >= 15 is 0 Å². The lowest BCUT2D eigenvalue weighted by molar-refractivity contribution is 0.103. The Labute approximate surface area is 125 Å². The van der Waals surface area contributed by atoms with Crippen molar-refractivity contribution in [1.29, 1.82) is 0 Å². The third-order valence-electron chi connectivity index (χ3n) is 3.14. The summed E-state index contributed by atoms with van der Waals surface area (Å²) in [6, 6.07) is 12.7. The number of carbonyl (C=O) groups is 1. The van der Waals surface area contributed by atoms with Crippen molar-refractivity contribution in [3.05, 3.63) is 59.2 Å². The van der Waals surface area contributed by atoms with Gasteiger partial charge in [-0.05, 0) is 44.5 Å². The second kappa shape index (κ2) is 6.44. The molecule has 0 fully saturated rings. The standard InChI is InChI=1S/C18H20O3/c1-12(2)21-16-7-5-6-14(10-16)18(19)15-9-8-13(3)17(11-15)20-4/h5-12H,1-4H3. The fourth-order valence-corrected chi connectivity index (χ4v) is 2.11. The molecule has 0 unspecified atom stereocenters. The minimum Gasteiger partial charge on any atom is -0.496 e. The number of ether oxygens (including phenoxy) is 2. The van der Waals surface area contributed by atoms with E-state index in [-0.39, 0.29) is 11.9 Å². The Kier molecular flexibility index (Phi) is 4.63. The highest BCUT2D eigenvalue weighted by Gasteiger charge is 2.12. The molecule has 0 aliphatic carbocycles. The van der Waals surface area contributed by atoms with Gasteiger partial charge in [-0.1, -0.05) is 24.3 Å². The molecule has 2 rings (SSSR count). The van der Waals surface area contributed by atoms with Gasteiger partial charge in [0.15, 0.2) is 5.78 Å². The van der Waals surface area contributed by atoms with Gasteiger partial charge in [-0.25, -0.2) is 0 Å². The highest BCUT2D eigenvalue weighted by Crippen LogP contribution is 2.22. The van der Waals surface area contributed by atoms with Crippen LogP contribution in [0.3, 0.4) is 0 Å².